The van der Waals surface area contributed by atoms with Crippen LogP contribution in [0.5, 0.6) is 0 Å². The minimum Gasteiger partial charge on any atom is -0.290 e. The van der Waals surface area contributed by atoms with Gasteiger partial charge < -0.3 is 0 Å². The highest BCUT2D eigenvalue weighted by atomic mass is 16.1. The smallest absolute Gasteiger partial charge is 0.181 e. The SMILES string of the molecule is CC(C)=C1CCC=CC1=O. The third-order valence-electron chi connectivity index (χ3n) is 1.73. The Hall–Kier alpha value is -0.850. The first-order valence-electron chi connectivity index (χ1n) is 3.59. The zero-order chi connectivity index (χ0) is 7.56. The van der Waals surface area contributed by atoms with Crippen molar-refractivity contribution < 1.29 is 4.79 Å². The van der Waals surface area contributed by atoms with Crippen molar-refractivity contribution in [2.75, 3.05) is 0 Å². The second-order valence-electron chi connectivity index (χ2n) is 2.78. The van der Waals surface area contributed by atoms with Gasteiger partial charge in [0.05, 0.1) is 0 Å². The molecule has 1 rings (SSSR count). The van der Waals surface area contributed by atoms with Crippen LogP contribution in [0.25, 0.3) is 0 Å². The molecule has 10 heavy (non-hydrogen) atoms. The summed E-state index contributed by atoms with van der Waals surface area (Å²) in [6, 6.07) is 0. The summed E-state index contributed by atoms with van der Waals surface area (Å²) in [5, 5.41) is 0. The van der Waals surface area contributed by atoms with E-state index in [-0.39, 0.29) is 5.78 Å². The maximum atomic E-state index is 11.1. The summed E-state index contributed by atoms with van der Waals surface area (Å²) in [5.74, 6) is 0.200. The van der Waals surface area contributed by atoms with Crippen molar-refractivity contribution in [3.05, 3.63) is 23.3 Å². The molecule has 0 N–H and O–H groups in total. The largest absolute Gasteiger partial charge is 0.290 e. The Labute approximate surface area is 61.4 Å². The van der Waals surface area contributed by atoms with E-state index in [0.29, 0.717) is 0 Å². The second kappa shape index (κ2) is 2.82. The Balaban J connectivity index is 2.91. The number of rotatable bonds is 0. The summed E-state index contributed by atoms with van der Waals surface area (Å²) in [5.41, 5.74) is 2.16. The van der Waals surface area contributed by atoms with Crippen LogP contribution >= 0.6 is 0 Å². The van der Waals surface area contributed by atoms with Gasteiger partial charge in [-0.1, -0.05) is 11.6 Å². The van der Waals surface area contributed by atoms with E-state index in [1.807, 2.05) is 19.9 Å². The van der Waals surface area contributed by atoms with Crippen molar-refractivity contribution in [1.82, 2.24) is 0 Å². The van der Waals surface area contributed by atoms with E-state index in [2.05, 4.69) is 0 Å². The van der Waals surface area contributed by atoms with E-state index in [4.69, 9.17) is 0 Å². The van der Waals surface area contributed by atoms with Gasteiger partial charge in [0, 0.05) is 0 Å². The molecular weight excluding hydrogens is 124 g/mol. The molecule has 0 bridgehead atoms. The lowest BCUT2D eigenvalue weighted by atomic mass is 9.96. The Bertz CT molecular complexity index is 205. The van der Waals surface area contributed by atoms with Gasteiger partial charge in [-0.3, -0.25) is 4.79 Å². The molecule has 1 nitrogen and oxygen atoms in total. The van der Waals surface area contributed by atoms with Crippen LogP contribution in [0.3, 0.4) is 0 Å². The van der Waals surface area contributed by atoms with Crippen LogP contribution < -0.4 is 0 Å². The van der Waals surface area contributed by atoms with Crippen molar-refractivity contribution in [2.24, 2.45) is 0 Å². The van der Waals surface area contributed by atoms with Gasteiger partial charge >= 0.3 is 0 Å². The summed E-state index contributed by atoms with van der Waals surface area (Å²) in [6.45, 7) is 3.98. The monoisotopic (exact) mass is 136 g/mol. The predicted octanol–water partition coefficient (Wildman–Crippen LogP) is 2.24. The first kappa shape index (κ1) is 7.26. The zero-order valence-corrected chi connectivity index (χ0v) is 6.48. The molecule has 0 aromatic rings. The lowest BCUT2D eigenvalue weighted by molar-refractivity contribution is -0.111. The number of carbonyl (C=O) groups is 1. The van der Waals surface area contributed by atoms with Crippen LogP contribution in [-0.4, -0.2) is 5.78 Å². The molecule has 1 aliphatic rings. The number of ketones is 1. The standard InChI is InChI=1S/C9H12O/c1-7(2)8-5-3-4-6-9(8)10/h4,6H,3,5H2,1-2H3. The molecule has 0 saturated carbocycles. The van der Waals surface area contributed by atoms with E-state index in [0.717, 1.165) is 24.0 Å². The van der Waals surface area contributed by atoms with E-state index < -0.39 is 0 Å². The highest BCUT2D eigenvalue weighted by Gasteiger charge is 2.10. The van der Waals surface area contributed by atoms with Crippen molar-refractivity contribution >= 4 is 5.78 Å². The molecule has 1 heteroatoms. The molecule has 0 unspecified atom stereocenters. The summed E-state index contributed by atoms with van der Waals surface area (Å²) in [6.07, 6.45) is 5.56. The normalized spacial score (nSPS) is 17.8. The van der Waals surface area contributed by atoms with Gasteiger partial charge in [-0.05, 0) is 38.3 Å². The molecule has 0 atom stereocenters. The van der Waals surface area contributed by atoms with E-state index >= 15 is 0 Å². The molecule has 0 amide bonds. The van der Waals surface area contributed by atoms with Crippen LogP contribution in [0.1, 0.15) is 26.7 Å². The van der Waals surface area contributed by atoms with E-state index in [1.165, 1.54) is 0 Å². The zero-order valence-electron chi connectivity index (χ0n) is 6.48. The first-order chi connectivity index (χ1) is 4.72. The van der Waals surface area contributed by atoms with Crippen molar-refractivity contribution in [3.63, 3.8) is 0 Å². The molecule has 54 valence electrons. The minimum atomic E-state index is 0.200. The third-order valence-corrected chi connectivity index (χ3v) is 1.73. The molecule has 0 radical (unpaired) electrons. The molecule has 1 aliphatic carbocycles. The molecule has 0 aromatic carbocycles. The molecule has 0 heterocycles. The highest BCUT2D eigenvalue weighted by molar-refractivity contribution is 6.05. The Morgan fingerprint density at radius 3 is 2.60 bits per heavy atom. The number of hydrogen-bond donors (Lipinski definition) is 0. The molecule has 0 saturated heterocycles. The number of allylic oxidation sites excluding steroid dienone is 4. The third kappa shape index (κ3) is 1.35. The number of hydrogen-bond acceptors (Lipinski definition) is 1. The Morgan fingerprint density at radius 1 is 1.50 bits per heavy atom. The van der Waals surface area contributed by atoms with Gasteiger partial charge in [-0.15, -0.1) is 0 Å². The summed E-state index contributed by atoms with van der Waals surface area (Å²) >= 11 is 0. The van der Waals surface area contributed by atoms with Gasteiger partial charge in [0.2, 0.25) is 0 Å². The first-order valence-corrected chi connectivity index (χ1v) is 3.59. The Morgan fingerprint density at radius 2 is 2.20 bits per heavy atom. The predicted molar refractivity (Wildman–Crippen MR) is 41.8 cm³/mol. The topological polar surface area (TPSA) is 17.1 Å². The van der Waals surface area contributed by atoms with Gasteiger partial charge in [0.1, 0.15) is 0 Å². The van der Waals surface area contributed by atoms with Crippen molar-refractivity contribution in [2.45, 2.75) is 26.7 Å². The minimum absolute atomic E-state index is 0.200. The van der Waals surface area contributed by atoms with Crippen molar-refractivity contribution in [1.29, 1.82) is 0 Å². The lowest BCUT2D eigenvalue weighted by Crippen LogP contribution is -2.04. The van der Waals surface area contributed by atoms with Gasteiger partial charge in [0.25, 0.3) is 0 Å². The van der Waals surface area contributed by atoms with Crippen LogP contribution in [0.4, 0.5) is 0 Å². The maximum Gasteiger partial charge on any atom is 0.181 e. The molecule has 0 aliphatic heterocycles. The number of carbonyl (C=O) groups excluding carboxylic acids is 1. The molecule has 0 fully saturated rings. The van der Waals surface area contributed by atoms with Crippen molar-refractivity contribution in [3.8, 4) is 0 Å². The van der Waals surface area contributed by atoms with E-state index in [9.17, 15) is 4.79 Å². The maximum absolute atomic E-state index is 11.1. The second-order valence-corrected chi connectivity index (χ2v) is 2.78. The van der Waals surface area contributed by atoms with Crippen LogP contribution in [-0.2, 0) is 4.79 Å². The van der Waals surface area contributed by atoms with Crippen LogP contribution in [0.2, 0.25) is 0 Å². The van der Waals surface area contributed by atoms with Crippen LogP contribution in [0.15, 0.2) is 23.3 Å². The molecule has 0 aromatic heterocycles. The average molecular weight is 136 g/mol. The quantitative estimate of drug-likeness (QED) is 0.467. The average Bonchev–Trinajstić information content (AvgIpc) is 1.88. The fourth-order valence-electron chi connectivity index (χ4n) is 1.14. The molecule has 0 spiro atoms. The summed E-state index contributed by atoms with van der Waals surface area (Å²) < 4.78 is 0. The van der Waals surface area contributed by atoms with Gasteiger partial charge in [-0.2, -0.15) is 0 Å². The summed E-state index contributed by atoms with van der Waals surface area (Å²) in [7, 11) is 0. The molecular formula is C9H12O. The summed E-state index contributed by atoms with van der Waals surface area (Å²) in [4.78, 5) is 11.1. The Kier molecular flexibility index (Phi) is 2.05. The van der Waals surface area contributed by atoms with E-state index in [1.54, 1.807) is 6.08 Å². The fourth-order valence-corrected chi connectivity index (χ4v) is 1.14. The van der Waals surface area contributed by atoms with Gasteiger partial charge in [-0.25, -0.2) is 0 Å². The lowest BCUT2D eigenvalue weighted by Gasteiger charge is -2.08. The van der Waals surface area contributed by atoms with Crippen LogP contribution in [0, 0.1) is 0 Å². The highest BCUT2D eigenvalue weighted by Crippen LogP contribution is 2.17. The fraction of sp³-hybridized carbons (Fsp3) is 0.444. The van der Waals surface area contributed by atoms with Gasteiger partial charge in [0.15, 0.2) is 5.78 Å².